The molecule has 0 atom stereocenters. The van der Waals surface area contributed by atoms with Crippen LogP contribution in [0.1, 0.15) is 23.3 Å². The van der Waals surface area contributed by atoms with Gasteiger partial charge in [0.05, 0.1) is 12.4 Å². The van der Waals surface area contributed by atoms with Crippen molar-refractivity contribution in [2.75, 3.05) is 50.7 Å². The third kappa shape index (κ3) is 3.72. The smallest absolute Gasteiger partial charge is 0.268 e. The lowest BCUT2D eigenvalue weighted by atomic mass is 9.96. The highest BCUT2D eigenvalue weighted by atomic mass is 16.1. The van der Waals surface area contributed by atoms with E-state index < -0.39 is 5.91 Å². The van der Waals surface area contributed by atoms with Gasteiger partial charge in [0, 0.05) is 45.8 Å². The van der Waals surface area contributed by atoms with Crippen molar-refractivity contribution in [3.63, 3.8) is 0 Å². The summed E-state index contributed by atoms with van der Waals surface area (Å²) in [5.41, 5.74) is 5.40. The van der Waals surface area contributed by atoms with Crippen molar-refractivity contribution in [1.82, 2.24) is 20.2 Å². The first kappa shape index (κ1) is 15.2. The number of carbonyl (C=O) groups excluding carboxylic acids is 1. The number of piperazine rings is 1. The van der Waals surface area contributed by atoms with Gasteiger partial charge in [0.1, 0.15) is 11.5 Å². The Kier molecular flexibility index (Phi) is 4.84. The topological polar surface area (TPSA) is 87.4 Å². The Morgan fingerprint density at radius 3 is 2.50 bits per heavy atom. The standard InChI is InChI=1S/C15H24N6O/c16-15(22)13-9-19-14(10-18-13)21-5-1-12(2-6-21)11-20-7-3-17-4-8-20/h9-10,12,17H,1-8,11H2,(H2,16,22). The summed E-state index contributed by atoms with van der Waals surface area (Å²) in [5, 5.41) is 3.39. The molecule has 22 heavy (non-hydrogen) atoms. The van der Waals surface area contributed by atoms with E-state index in [0.29, 0.717) is 0 Å². The van der Waals surface area contributed by atoms with Crippen LogP contribution in [0.15, 0.2) is 12.4 Å². The minimum absolute atomic E-state index is 0.220. The fourth-order valence-electron chi connectivity index (χ4n) is 3.22. The number of anilines is 1. The molecule has 0 aliphatic carbocycles. The van der Waals surface area contributed by atoms with E-state index in [1.807, 2.05) is 0 Å². The van der Waals surface area contributed by atoms with E-state index in [9.17, 15) is 4.79 Å². The fourth-order valence-corrected chi connectivity index (χ4v) is 3.22. The van der Waals surface area contributed by atoms with E-state index >= 15 is 0 Å². The minimum Gasteiger partial charge on any atom is -0.364 e. The lowest BCUT2D eigenvalue weighted by molar-refractivity contribution is 0.0995. The van der Waals surface area contributed by atoms with Gasteiger partial charge in [-0.1, -0.05) is 0 Å². The molecule has 3 heterocycles. The molecule has 2 aliphatic heterocycles. The number of nitrogens with two attached hydrogens (primary N) is 1. The van der Waals surface area contributed by atoms with E-state index in [1.54, 1.807) is 6.20 Å². The minimum atomic E-state index is -0.534. The lowest BCUT2D eigenvalue weighted by Crippen LogP contribution is -2.47. The number of hydrogen-bond donors (Lipinski definition) is 2. The van der Waals surface area contributed by atoms with Crippen LogP contribution in [0.4, 0.5) is 5.82 Å². The summed E-state index contributed by atoms with van der Waals surface area (Å²) in [4.78, 5) is 24.2. The Labute approximate surface area is 130 Å². The number of piperidine rings is 1. The van der Waals surface area contributed by atoms with Gasteiger partial charge >= 0.3 is 0 Å². The Bertz CT molecular complexity index is 491. The normalized spacial score (nSPS) is 21.0. The second-order valence-electron chi connectivity index (χ2n) is 6.11. The third-order valence-electron chi connectivity index (χ3n) is 4.56. The van der Waals surface area contributed by atoms with Crippen LogP contribution < -0.4 is 16.0 Å². The van der Waals surface area contributed by atoms with Gasteiger partial charge < -0.3 is 20.9 Å². The number of nitrogens with zero attached hydrogens (tertiary/aromatic N) is 4. The molecule has 2 fully saturated rings. The number of amides is 1. The number of nitrogens with one attached hydrogen (secondary N) is 1. The molecule has 2 aliphatic rings. The largest absolute Gasteiger partial charge is 0.364 e. The molecule has 120 valence electrons. The average molecular weight is 304 g/mol. The van der Waals surface area contributed by atoms with E-state index in [-0.39, 0.29) is 5.69 Å². The summed E-state index contributed by atoms with van der Waals surface area (Å²) in [6.45, 7) is 7.77. The van der Waals surface area contributed by atoms with E-state index in [0.717, 1.165) is 37.9 Å². The first-order chi connectivity index (χ1) is 10.7. The Balaban J connectivity index is 1.49. The molecule has 3 N–H and O–H groups in total. The second-order valence-corrected chi connectivity index (χ2v) is 6.11. The van der Waals surface area contributed by atoms with Gasteiger partial charge in [-0.05, 0) is 18.8 Å². The van der Waals surface area contributed by atoms with Crippen LogP contribution >= 0.6 is 0 Å². The quantitative estimate of drug-likeness (QED) is 0.794. The highest BCUT2D eigenvalue weighted by Crippen LogP contribution is 2.22. The Hall–Kier alpha value is -1.73. The van der Waals surface area contributed by atoms with Gasteiger partial charge in [-0.2, -0.15) is 0 Å². The molecular weight excluding hydrogens is 280 g/mol. The van der Waals surface area contributed by atoms with Crippen LogP contribution in [-0.4, -0.2) is 66.6 Å². The zero-order chi connectivity index (χ0) is 15.4. The molecule has 0 saturated carbocycles. The average Bonchev–Trinajstić information content (AvgIpc) is 2.57. The van der Waals surface area contributed by atoms with Crippen molar-refractivity contribution in [2.24, 2.45) is 11.7 Å². The maximum Gasteiger partial charge on any atom is 0.268 e. The van der Waals surface area contributed by atoms with Crippen LogP contribution in [0.2, 0.25) is 0 Å². The van der Waals surface area contributed by atoms with Crippen molar-refractivity contribution in [3.05, 3.63) is 18.1 Å². The maximum atomic E-state index is 11.0. The summed E-state index contributed by atoms with van der Waals surface area (Å²) >= 11 is 0. The van der Waals surface area contributed by atoms with Gasteiger partial charge in [0.15, 0.2) is 0 Å². The molecule has 0 aromatic carbocycles. The summed E-state index contributed by atoms with van der Waals surface area (Å²) in [5.74, 6) is 1.08. The first-order valence-corrected chi connectivity index (χ1v) is 8.02. The molecule has 2 saturated heterocycles. The van der Waals surface area contributed by atoms with E-state index in [4.69, 9.17) is 5.73 Å². The van der Waals surface area contributed by atoms with Crippen LogP contribution in [0, 0.1) is 5.92 Å². The van der Waals surface area contributed by atoms with Crippen LogP contribution in [0.5, 0.6) is 0 Å². The monoisotopic (exact) mass is 304 g/mol. The molecule has 0 spiro atoms. The number of hydrogen-bond acceptors (Lipinski definition) is 6. The first-order valence-electron chi connectivity index (χ1n) is 8.02. The van der Waals surface area contributed by atoms with Gasteiger partial charge in [-0.15, -0.1) is 0 Å². The van der Waals surface area contributed by atoms with Crippen LogP contribution in [0.3, 0.4) is 0 Å². The number of primary amides is 1. The number of aromatic nitrogens is 2. The predicted molar refractivity (Wildman–Crippen MR) is 84.8 cm³/mol. The molecule has 3 rings (SSSR count). The molecular formula is C15H24N6O. The lowest BCUT2D eigenvalue weighted by Gasteiger charge is -2.36. The molecule has 1 amide bonds. The summed E-state index contributed by atoms with van der Waals surface area (Å²) in [6, 6.07) is 0. The SMILES string of the molecule is NC(=O)c1cnc(N2CCC(CN3CCNCC3)CC2)cn1. The summed E-state index contributed by atoms with van der Waals surface area (Å²) in [6.07, 6.45) is 5.48. The van der Waals surface area contributed by atoms with Crippen molar-refractivity contribution >= 4 is 11.7 Å². The molecule has 7 heteroatoms. The van der Waals surface area contributed by atoms with Gasteiger partial charge in [0.2, 0.25) is 0 Å². The van der Waals surface area contributed by atoms with Crippen LogP contribution in [0.25, 0.3) is 0 Å². The Morgan fingerprint density at radius 1 is 1.18 bits per heavy atom. The fraction of sp³-hybridized carbons (Fsp3) is 0.667. The maximum absolute atomic E-state index is 11.0. The zero-order valence-electron chi connectivity index (χ0n) is 12.9. The third-order valence-corrected chi connectivity index (χ3v) is 4.56. The summed E-state index contributed by atoms with van der Waals surface area (Å²) < 4.78 is 0. The molecule has 7 nitrogen and oxygen atoms in total. The van der Waals surface area contributed by atoms with Crippen molar-refractivity contribution in [1.29, 1.82) is 0 Å². The molecule has 0 radical (unpaired) electrons. The van der Waals surface area contributed by atoms with Gasteiger partial charge in [0.25, 0.3) is 5.91 Å². The Morgan fingerprint density at radius 2 is 1.91 bits per heavy atom. The summed E-state index contributed by atoms with van der Waals surface area (Å²) in [7, 11) is 0. The van der Waals surface area contributed by atoms with Crippen LogP contribution in [-0.2, 0) is 0 Å². The molecule has 1 aromatic heterocycles. The van der Waals surface area contributed by atoms with E-state index in [1.165, 1.54) is 38.7 Å². The predicted octanol–water partition coefficient (Wildman–Crippen LogP) is -0.303. The van der Waals surface area contributed by atoms with Gasteiger partial charge in [-0.25, -0.2) is 9.97 Å². The molecule has 0 bridgehead atoms. The highest BCUT2D eigenvalue weighted by molar-refractivity contribution is 5.90. The van der Waals surface area contributed by atoms with E-state index in [2.05, 4.69) is 25.1 Å². The van der Waals surface area contributed by atoms with Crippen molar-refractivity contribution in [2.45, 2.75) is 12.8 Å². The van der Waals surface area contributed by atoms with Crippen molar-refractivity contribution < 1.29 is 4.79 Å². The number of carbonyl (C=O) groups is 1. The van der Waals surface area contributed by atoms with Gasteiger partial charge in [-0.3, -0.25) is 4.79 Å². The second kappa shape index (κ2) is 7.02. The molecule has 1 aromatic rings. The van der Waals surface area contributed by atoms with Crippen molar-refractivity contribution in [3.8, 4) is 0 Å². The number of rotatable bonds is 4. The molecule has 0 unspecified atom stereocenters. The zero-order valence-corrected chi connectivity index (χ0v) is 12.9. The highest BCUT2D eigenvalue weighted by Gasteiger charge is 2.23.